The van der Waals surface area contributed by atoms with E-state index in [4.69, 9.17) is 9.15 Å². The van der Waals surface area contributed by atoms with Crippen LogP contribution in [0.3, 0.4) is 0 Å². The van der Waals surface area contributed by atoms with Gasteiger partial charge in [0.25, 0.3) is 5.89 Å². The van der Waals surface area contributed by atoms with Gasteiger partial charge < -0.3 is 9.15 Å². The highest BCUT2D eigenvalue weighted by Crippen LogP contribution is 2.25. The van der Waals surface area contributed by atoms with Crippen molar-refractivity contribution in [1.29, 1.82) is 0 Å². The highest BCUT2D eigenvalue weighted by Gasteiger charge is 2.26. The summed E-state index contributed by atoms with van der Waals surface area (Å²) in [6.45, 7) is 0.952. The first kappa shape index (κ1) is 18.6. The summed E-state index contributed by atoms with van der Waals surface area (Å²) in [7, 11) is 0. The Balaban J connectivity index is 1.49. The van der Waals surface area contributed by atoms with Gasteiger partial charge in [0.15, 0.2) is 0 Å². The zero-order valence-electron chi connectivity index (χ0n) is 15.3. The number of ether oxygens (including phenoxy) is 1. The number of hydrogen-bond donors (Lipinski definition) is 0. The van der Waals surface area contributed by atoms with Crippen molar-refractivity contribution in [3.05, 3.63) is 64.4 Å². The summed E-state index contributed by atoms with van der Waals surface area (Å²) in [5.41, 5.74) is 1.68. The average molecular weight is 417 g/mol. The molecule has 1 aromatic carbocycles. The monoisotopic (exact) mass is 417 g/mol. The quantitative estimate of drug-likeness (QED) is 0.496. The zero-order chi connectivity index (χ0) is 20.8. The van der Waals surface area contributed by atoms with E-state index in [1.54, 1.807) is 22.8 Å². The van der Waals surface area contributed by atoms with Crippen LogP contribution in [-0.2, 0) is 11.3 Å². The van der Waals surface area contributed by atoms with Crippen LogP contribution in [0.5, 0.6) is 0 Å². The molecule has 1 aliphatic rings. The van der Waals surface area contributed by atoms with Crippen LogP contribution in [0.2, 0.25) is 0 Å². The van der Waals surface area contributed by atoms with Crippen molar-refractivity contribution in [2.24, 2.45) is 0 Å². The van der Waals surface area contributed by atoms with Crippen LogP contribution in [-0.4, -0.2) is 37.5 Å². The molecular weight excluding hydrogens is 403 g/mol. The van der Waals surface area contributed by atoms with Crippen LogP contribution in [0.25, 0.3) is 22.5 Å². The van der Waals surface area contributed by atoms with E-state index >= 15 is 0 Å². The maximum absolute atomic E-state index is 13.9. The van der Waals surface area contributed by atoms with Gasteiger partial charge in [0.1, 0.15) is 5.82 Å². The molecule has 11 heteroatoms. The molecule has 0 radical (unpaired) electrons. The molecule has 5 rings (SSSR count). The maximum Gasteiger partial charge on any atom is 0.329 e. The lowest BCUT2D eigenvalue weighted by Crippen LogP contribution is -2.38. The van der Waals surface area contributed by atoms with E-state index in [9.17, 15) is 18.0 Å². The van der Waals surface area contributed by atoms with E-state index in [1.807, 2.05) is 0 Å². The maximum atomic E-state index is 13.9. The number of hydrogen-bond acceptors (Lipinski definition) is 6. The fourth-order valence-electron chi connectivity index (χ4n) is 3.38. The molecule has 0 atom stereocenters. The highest BCUT2D eigenvalue weighted by molar-refractivity contribution is 5.76. The smallest absolute Gasteiger partial charge is 0.329 e. The number of pyridine rings is 1. The first-order valence-electron chi connectivity index (χ1n) is 9.06. The highest BCUT2D eigenvalue weighted by atomic mass is 19.3. The van der Waals surface area contributed by atoms with Gasteiger partial charge in [0.2, 0.25) is 5.89 Å². The molecular formula is C19H14F3N5O3. The molecule has 0 spiro atoms. The van der Waals surface area contributed by atoms with Crippen molar-refractivity contribution < 1.29 is 22.3 Å². The first-order chi connectivity index (χ1) is 14.5. The normalized spacial score (nSPS) is 14.5. The number of halogens is 3. The predicted molar refractivity (Wildman–Crippen MR) is 97.6 cm³/mol. The Morgan fingerprint density at radius 2 is 1.97 bits per heavy atom. The minimum atomic E-state index is -2.86. The first-order valence-corrected chi connectivity index (χ1v) is 9.06. The van der Waals surface area contributed by atoms with Gasteiger partial charge >= 0.3 is 12.1 Å². The number of imidazole rings is 1. The van der Waals surface area contributed by atoms with Gasteiger partial charge in [0, 0.05) is 6.20 Å². The molecule has 8 nitrogen and oxygen atoms in total. The van der Waals surface area contributed by atoms with Gasteiger partial charge in [-0.05, 0) is 30.3 Å². The molecule has 30 heavy (non-hydrogen) atoms. The lowest BCUT2D eigenvalue weighted by molar-refractivity contribution is -0.0231. The van der Waals surface area contributed by atoms with E-state index in [0.29, 0.717) is 35.5 Å². The Hall–Kier alpha value is -3.47. The molecule has 4 aromatic rings. The van der Waals surface area contributed by atoms with Crippen molar-refractivity contribution in [2.45, 2.75) is 19.0 Å². The largest absolute Gasteiger partial charge is 0.415 e. The van der Waals surface area contributed by atoms with Crippen molar-refractivity contribution >= 4 is 11.0 Å². The summed E-state index contributed by atoms with van der Waals surface area (Å²) < 4.78 is 52.2. The number of rotatable bonds is 5. The van der Waals surface area contributed by atoms with E-state index in [0.717, 1.165) is 0 Å². The summed E-state index contributed by atoms with van der Waals surface area (Å²) in [4.78, 5) is 17.3. The Morgan fingerprint density at radius 1 is 1.13 bits per heavy atom. The Morgan fingerprint density at radius 3 is 2.60 bits per heavy atom. The molecule has 3 aromatic heterocycles. The van der Waals surface area contributed by atoms with Gasteiger partial charge in [-0.15, -0.1) is 10.2 Å². The van der Waals surface area contributed by atoms with Crippen LogP contribution in [0.15, 0.2) is 45.7 Å². The summed E-state index contributed by atoms with van der Waals surface area (Å²) in [6, 6.07) is 7.30. The molecule has 154 valence electrons. The molecule has 1 saturated heterocycles. The number of fused-ring (bicyclic) bond motifs is 1. The lowest BCUT2D eigenvalue weighted by atomic mass is 10.2. The van der Waals surface area contributed by atoms with Crippen LogP contribution in [0.4, 0.5) is 13.2 Å². The van der Waals surface area contributed by atoms with Crippen molar-refractivity contribution in [3.8, 4) is 11.5 Å². The Bertz CT molecular complexity index is 1280. The second-order valence-electron chi connectivity index (χ2n) is 6.85. The van der Waals surface area contributed by atoms with Crippen LogP contribution in [0.1, 0.15) is 24.1 Å². The number of alkyl halides is 2. The summed E-state index contributed by atoms with van der Waals surface area (Å²) in [5.74, 6) is -1.30. The van der Waals surface area contributed by atoms with Crippen molar-refractivity contribution in [1.82, 2.24) is 24.3 Å². The van der Waals surface area contributed by atoms with Gasteiger partial charge in [-0.25, -0.2) is 9.18 Å². The third-order valence-corrected chi connectivity index (χ3v) is 4.93. The summed E-state index contributed by atoms with van der Waals surface area (Å²) in [6.07, 6.45) is -1.47. The van der Waals surface area contributed by atoms with E-state index in [-0.39, 0.29) is 24.2 Å². The Labute approximate surface area is 166 Å². The molecule has 0 aliphatic carbocycles. The molecule has 1 aliphatic heterocycles. The van der Waals surface area contributed by atoms with Gasteiger partial charge in [-0.1, -0.05) is 0 Å². The molecule has 0 unspecified atom stereocenters. The van der Waals surface area contributed by atoms with E-state index in [2.05, 4.69) is 15.2 Å². The average Bonchev–Trinajstić information content (AvgIpc) is 3.28. The second kappa shape index (κ2) is 7.10. The number of aromatic nitrogens is 5. The molecule has 0 bridgehead atoms. The van der Waals surface area contributed by atoms with E-state index in [1.165, 1.54) is 22.9 Å². The fraction of sp³-hybridized carbons (Fsp3) is 0.263. The summed E-state index contributed by atoms with van der Waals surface area (Å²) >= 11 is 0. The van der Waals surface area contributed by atoms with Crippen LogP contribution in [0, 0.1) is 5.82 Å². The summed E-state index contributed by atoms with van der Waals surface area (Å²) in [5, 5.41) is 6.86. The van der Waals surface area contributed by atoms with Gasteiger partial charge in [-0.3, -0.25) is 14.1 Å². The number of benzene rings is 1. The van der Waals surface area contributed by atoms with Crippen LogP contribution >= 0.6 is 0 Å². The third-order valence-electron chi connectivity index (χ3n) is 4.93. The lowest BCUT2D eigenvalue weighted by Gasteiger charge is -2.27. The predicted octanol–water partition coefficient (Wildman–Crippen LogP) is 2.94. The minimum Gasteiger partial charge on any atom is -0.415 e. The fourth-order valence-corrected chi connectivity index (χ4v) is 3.38. The van der Waals surface area contributed by atoms with E-state index < -0.39 is 18.1 Å². The number of nitrogens with zero attached hydrogens (tertiary/aromatic N) is 5. The topological polar surface area (TPSA) is 88.0 Å². The molecule has 4 heterocycles. The molecule has 0 amide bonds. The minimum absolute atomic E-state index is 0.0785. The van der Waals surface area contributed by atoms with Crippen LogP contribution < -0.4 is 5.69 Å². The Kier molecular flexibility index (Phi) is 4.39. The third kappa shape index (κ3) is 3.07. The zero-order valence-corrected chi connectivity index (χ0v) is 15.3. The molecule has 1 fully saturated rings. The molecule has 0 N–H and O–H groups in total. The van der Waals surface area contributed by atoms with Crippen molar-refractivity contribution in [2.75, 3.05) is 13.2 Å². The SMILES string of the molecule is O=c1n(Cc2ccc(-c3nnc(C(F)F)o3)cn2)c2cc(F)ccc2n1C1COC1. The van der Waals surface area contributed by atoms with Gasteiger partial charge in [-0.2, -0.15) is 8.78 Å². The standard InChI is InChI=1S/C19H14F3N5O3/c20-11-2-4-14-15(5-11)26(19(28)27(14)13-8-29-9-13)7-12-3-1-10(6-23-12)17-24-25-18(30-17)16(21)22/h1-6,13,16H,7-9H2. The van der Waals surface area contributed by atoms with Gasteiger partial charge in [0.05, 0.1) is 48.1 Å². The molecule has 0 saturated carbocycles. The second-order valence-corrected chi connectivity index (χ2v) is 6.85. The van der Waals surface area contributed by atoms with Crippen molar-refractivity contribution in [3.63, 3.8) is 0 Å².